The molecule has 0 radical (unpaired) electrons. The summed E-state index contributed by atoms with van der Waals surface area (Å²) in [6.07, 6.45) is 3.54. The van der Waals surface area contributed by atoms with Crippen molar-refractivity contribution >= 4 is 33.6 Å². The Morgan fingerprint density at radius 1 is 0.846 bits per heavy atom. The third-order valence-corrected chi connectivity index (χ3v) is 4.35. The van der Waals surface area contributed by atoms with Crippen LogP contribution >= 0.6 is 0 Å². The van der Waals surface area contributed by atoms with Crippen LogP contribution < -0.4 is 10.6 Å². The van der Waals surface area contributed by atoms with Crippen LogP contribution in [-0.4, -0.2) is 34.9 Å². The third-order valence-electron chi connectivity index (χ3n) is 4.35. The number of rotatable bonds is 5. The summed E-state index contributed by atoms with van der Waals surface area (Å²) >= 11 is 0. The molecule has 0 bridgehead atoms. The van der Waals surface area contributed by atoms with Gasteiger partial charge < -0.3 is 20.6 Å². The number of hydrogen-bond donors (Lipinski definition) is 4. The quantitative estimate of drug-likeness (QED) is 0.419. The van der Waals surface area contributed by atoms with Gasteiger partial charge in [-0.2, -0.15) is 0 Å². The Morgan fingerprint density at radius 2 is 1.65 bits per heavy atom. The molecule has 4 N–H and O–H groups in total. The molecule has 0 atom stereocenters. The van der Waals surface area contributed by atoms with E-state index >= 15 is 0 Å². The van der Waals surface area contributed by atoms with Crippen LogP contribution in [0.4, 0.5) is 0 Å². The summed E-state index contributed by atoms with van der Waals surface area (Å²) in [4.78, 5) is 30.7. The zero-order valence-corrected chi connectivity index (χ0v) is 14.0. The molecule has 0 spiro atoms. The van der Waals surface area contributed by atoms with Crippen molar-refractivity contribution in [3.05, 3.63) is 72.1 Å². The number of amides is 2. The van der Waals surface area contributed by atoms with Gasteiger partial charge in [-0.3, -0.25) is 9.59 Å². The van der Waals surface area contributed by atoms with Gasteiger partial charge in [0, 0.05) is 52.9 Å². The predicted octanol–water partition coefficient (Wildman–Crippen LogP) is 2.81. The fourth-order valence-corrected chi connectivity index (χ4v) is 3.00. The van der Waals surface area contributed by atoms with Crippen molar-refractivity contribution in [2.75, 3.05) is 13.1 Å². The fourth-order valence-electron chi connectivity index (χ4n) is 3.00. The normalized spacial score (nSPS) is 10.9. The topological polar surface area (TPSA) is 89.8 Å². The molecule has 6 nitrogen and oxygen atoms in total. The molecular formula is C20H18N4O2. The SMILES string of the molecule is O=C(NCCNC(=O)c1c[nH]c2ccccc12)c1ccc2[nH]ccc2c1. The molecule has 26 heavy (non-hydrogen) atoms. The second kappa shape index (κ2) is 6.76. The van der Waals surface area contributed by atoms with Gasteiger partial charge in [0.05, 0.1) is 5.56 Å². The molecule has 0 aliphatic heterocycles. The first-order valence-electron chi connectivity index (χ1n) is 8.42. The van der Waals surface area contributed by atoms with Crippen molar-refractivity contribution in [2.45, 2.75) is 0 Å². The van der Waals surface area contributed by atoms with Gasteiger partial charge in [-0.25, -0.2) is 0 Å². The average Bonchev–Trinajstić information content (AvgIpc) is 3.30. The lowest BCUT2D eigenvalue weighted by molar-refractivity contribution is 0.0928. The van der Waals surface area contributed by atoms with E-state index in [4.69, 9.17) is 0 Å². The molecule has 0 aliphatic carbocycles. The van der Waals surface area contributed by atoms with Crippen molar-refractivity contribution in [1.82, 2.24) is 20.6 Å². The van der Waals surface area contributed by atoms with Crippen LogP contribution in [0.1, 0.15) is 20.7 Å². The number of carbonyl (C=O) groups excluding carboxylic acids is 2. The third kappa shape index (κ3) is 3.04. The largest absolute Gasteiger partial charge is 0.361 e. The minimum Gasteiger partial charge on any atom is -0.361 e. The maximum Gasteiger partial charge on any atom is 0.253 e. The summed E-state index contributed by atoms with van der Waals surface area (Å²) in [6, 6.07) is 15.1. The summed E-state index contributed by atoms with van der Waals surface area (Å²) in [7, 11) is 0. The van der Waals surface area contributed by atoms with E-state index in [1.54, 1.807) is 12.3 Å². The molecule has 2 aromatic carbocycles. The molecule has 4 aromatic rings. The average molecular weight is 346 g/mol. The molecule has 0 saturated carbocycles. The lowest BCUT2D eigenvalue weighted by Gasteiger charge is -2.07. The van der Waals surface area contributed by atoms with Gasteiger partial charge in [0.1, 0.15) is 0 Å². The van der Waals surface area contributed by atoms with E-state index in [-0.39, 0.29) is 11.8 Å². The highest BCUT2D eigenvalue weighted by Gasteiger charge is 2.11. The van der Waals surface area contributed by atoms with Gasteiger partial charge in [0.2, 0.25) is 0 Å². The standard InChI is InChI=1S/C20H18N4O2/c25-19(14-5-6-17-13(11-14)7-8-21-17)22-9-10-23-20(26)16-12-24-18-4-2-1-3-15(16)18/h1-8,11-12,21,24H,9-10H2,(H,22,25)(H,23,26). The number of carbonyl (C=O) groups is 2. The minimum absolute atomic E-state index is 0.158. The van der Waals surface area contributed by atoms with E-state index in [9.17, 15) is 9.59 Å². The summed E-state index contributed by atoms with van der Waals surface area (Å²) in [5, 5.41) is 7.53. The zero-order chi connectivity index (χ0) is 17.9. The van der Waals surface area contributed by atoms with Gasteiger partial charge in [0.15, 0.2) is 0 Å². The second-order valence-corrected chi connectivity index (χ2v) is 6.04. The minimum atomic E-state index is -0.162. The molecule has 4 rings (SSSR count). The van der Waals surface area contributed by atoms with Crippen LogP contribution in [0.5, 0.6) is 0 Å². The number of fused-ring (bicyclic) bond motifs is 2. The number of aromatic amines is 2. The lowest BCUT2D eigenvalue weighted by atomic mass is 10.1. The lowest BCUT2D eigenvalue weighted by Crippen LogP contribution is -2.34. The van der Waals surface area contributed by atoms with E-state index in [0.29, 0.717) is 24.2 Å². The molecule has 0 aliphatic rings. The van der Waals surface area contributed by atoms with Crippen LogP contribution in [0.25, 0.3) is 21.8 Å². The van der Waals surface area contributed by atoms with Gasteiger partial charge in [-0.1, -0.05) is 18.2 Å². The Morgan fingerprint density at radius 3 is 2.54 bits per heavy atom. The van der Waals surface area contributed by atoms with Crippen molar-refractivity contribution in [1.29, 1.82) is 0 Å². The van der Waals surface area contributed by atoms with Crippen molar-refractivity contribution < 1.29 is 9.59 Å². The molecule has 2 amide bonds. The number of para-hydroxylation sites is 1. The molecule has 0 fully saturated rings. The number of aromatic nitrogens is 2. The van der Waals surface area contributed by atoms with E-state index in [1.165, 1.54) is 0 Å². The molecule has 2 aromatic heterocycles. The summed E-state index contributed by atoms with van der Waals surface area (Å²) in [5.74, 6) is -0.320. The Balaban J connectivity index is 1.31. The first-order chi connectivity index (χ1) is 12.7. The monoisotopic (exact) mass is 346 g/mol. The number of benzene rings is 2. The van der Waals surface area contributed by atoms with E-state index in [0.717, 1.165) is 21.8 Å². The van der Waals surface area contributed by atoms with Crippen molar-refractivity contribution in [3.8, 4) is 0 Å². The summed E-state index contributed by atoms with van der Waals surface area (Å²) in [6.45, 7) is 0.717. The maximum absolute atomic E-state index is 12.3. The number of hydrogen-bond acceptors (Lipinski definition) is 2. The van der Waals surface area contributed by atoms with E-state index < -0.39 is 0 Å². The Labute approximate surface area is 149 Å². The van der Waals surface area contributed by atoms with Crippen LogP contribution in [0.15, 0.2) is 60.9 Å². The predicted molar refractivity (Wildman–Crippen MR) is 101 cm³/mol. The van der Waals surface area contributed by atoms with Crippen molar-refractivity contribution in [3.63, 3.8) is 0 Å². The van der Waals surface area contributed by atoms with E-state index in [1.807, 2.05) is 48.7 Å². The van der Waals surface area contributed by atoms with Gasteiger partial charge in [-0.15, -0.1) is 0 Å². The first-order valence-corrected chi connectivity index (χ1v) is 8.42. The summed E-state index contributed by atoms with van der Waals surface area (Å²) in [5.41, 5.74) is 3.11. The maximum atomic E-state index is 12.3. The van der Waals surface area contributed by atoms with Crippen LogP contribution in [-0.2, 0) is 0 Å². The van der Waals surface area contributed by atoms with Gasteiger partial charge in [0.25, 0.3) is 11.8 Å². The Bertz CT molecular complexity index is 1090. The van der Waals surface area contributed by atoms with Crippen LogP contribution in [0.2, 0.25) is 0 Å². The molecule has 0 saturated heterocycles. The first kappa shape index (κ1) is 16.0. The van der Waals surface area contributed by atoms with Crippen molar-refractivity contribution in [2.24, 2.45) is 0 Å². The van der Waals surface area contributed by atoms with E-state index in [2.05, 4.69) is 20.6 Å². The second-order valence-electron chi connectivity index (χ2n) is 6.04. The fraction of sp³-hybridized carbons (Fsp3) is 0.100. The molecule has 0 unspecified atom stereocenters. The number of nitrogens with one attached hydrogen (secondary N) is 4. The molecule has 6 heteroatoms. The highest BCUT2D eigenvalue weighted by molar-refractivity contribution is 6.06. The molecule has 130 valence electrons. The summed E-state index contributed by atoms with van der Waals surface area (Å²) < 4.78 is 0. The molecular weight excluding hydrogens is 328 g/mol. The highest BCUT2D eigenvalue weighted by Crippen LogP contribution is 2.17. The van der Waals surface area contributed by atoms with Crippen LogP contribution in [0.3, 0.4) is 0 Å². The smallest absolute Gasteiger partial charge is 0.253 e. The highest BCUT2D eigenvalue weighted by atomic mass is 16.2. The molecule has 2 heterocycles. The van der Waals surface area contributed by atoms with Gasteiger partial charge >= 0.3 is 0 Å². The number of H-pyrrole nitrogens is 2. The van der Waals surface area contributed by atoms with Crippen LogP contribution in [0, 0.1) is 0 Å². The Kier molecular flexibility index (Phi) is 4.15. The zero-order valence-electron chi connectivity index (χ0n) is 14.0. The van der Waals surface area contributed by atoms with Gasteiger partial charge in [-0.05, 0) is 30.3 Å². The Hall–Kier alpha value is -3.54.